The van der Waals surface area contributed by atoms with Gasteiger partial charge in [-0.25, -0.2) is 4.98 Å². The molecule has 4 rings (SSSR count). The van der Waals surface area contributed by atoms with E-state index in [4.69, 9.17) is 11.6 Å². The number of carbonyl (C=O) groups is 2. The van der Waals surface area contributed by atoms with Gasteiger partial charge in [-0.3, -0.25) is 9.59 Å². The van der Waals surface area contributed by atoms with E-state index in [1.54, 1.807) is 30.5 Å². The molecule has 1 aliphatic rings. The molecule has 6 nitrogen and oxygen atoms in total. The highest BCUT2D eigenvalue weighted by molar-refractivity contribution is 6.30. The molecule has 2 amide bonds. The minimum Gasteiger partial charge on any atom is -0.352 e. The van der Waals surface area contributed by atoms with Crippen LogP contribution in [0.4, 0.5) is 0 Å². The van der Waals surface area contributed by atoms with Crippen molar-refractivity contribution in [1.82, 2.24) is 20.2 Å². The van der Waals surface area contributed by atoms with Crippen molar-refractivity contribution < 1.29 is 9.59 Å². The van der Waals surface area contributed by atoms with E-state index in [0.29, 0.717) is 30.2 Å². The molecule has 3 heterocycles. The summed E-state index contributed by atoms with van der Waals surface area (Å²) in [6, 6.07) is 10.6. The SMILES string of the molecule is O=C(NCCC(=O)N1CC=C(c2c[nH]c3ncccc23)CC1)c1ccc(Cl)cc1. The third-order valence-corrected chi connectivity index (χ3v) is 5.34. The Balaban J connectivity index is 1.29. The van der Waals surface area contributed by atoms with Crippen LogP contribution >= 0.6 is 11.6 Å². The molecule has 7 heteroatoms. The Morgan fingerprint density at radius 1 is 1.21 bits per heavy atom. The number of fused-ring (bicyclic) bond motifs is 1. The van der Waals surface area contributed by atoms with Crippen LogP contribution in [0.2, 0.25) is 5.02 Å². The van der Waals surface area contributed by atoms with E-state index in [0.717, 1.165) is 23.0 Å². The van der Waals surface area contributed by atoms with Crippen LogP contribution in [0.1, 0.15) is 28.8 Å². The van der Waals surface area contributed by atoms with E-state index in [2.05, 4.69) is 27.4 Å². The molecule has 0 atom stereocenters. The Kier molecular flexibility index (Phi) is 5.62. The number of nitrogens with one attached hydrogen (secondary N) is 2. The van der Waals surface area contributed by atoms with Crippen molar-refractivity contribution in [1.29, 1.82) is 0 Å². The number of hydrogen-bond acceptors (Lipinski definition) is 3. The summed E-state index contributed by atoms with van der Waals surface area (Å²) in [5, 5.41) is 4.47. The van der Waals surface area contributed by atoms with Crippen LogP contribution in [0, 0.1) is 0 Å². The van der Waals surface area contributed by atoms with Gasteiger partial charge >= 0.3 is 0 Å². The second kappa shape index (κ2) is 8.49. The number of H-pyrrole nitrogens is 1. The molecule has 0 bridgehead atoms. The molecule has 1 aromatic carbocycles. The molecule has 0 radical (unpaired) electrons. The number of benzene rings is 1. The van der Waals surface area contributed by atoms with Gasteiger partial charge in [0.25, 0.3) is 5.91 Å². The number of halogens is 1. The van der Waals surface area contributed by atoms with Crippen LogP contribution in [-0.4, -0.2) is 46.3 Å². The van der Waals surface area contributed by atoms with Gasteiger partial charge in [-0.05, 0) is 48.4 Å². The van der Waals surface area contributed by atoms with E-state index in [-0.39, 0.29) is 18.2 Å². The van der Waals surface area contributed by atoms with Crippen LogP contribution in [0.5, 0.6) is 0 Å². The standard InChI is InChI=1S/C22H21ClN4O2/c23-17-5-3-16(4-6-17)22(29)25-11-7-20(28)27-12-8-15(9-13-27)19-14-26-21-18(19)2-1-10-24-21/h1-6,8,10,14H,7,9,11-13H2,(H,24,26)(H,25,29). The van der Waals surface area contributed by atoms with E-state index in [9.17, 15) is 9.59 Å². The zero-order valence-corrected chi connectivity index (χ0v) is 16.6. The van der Waals surface area contributed by atoms with Gasteiger partial charge in [0.2, 0.25) is 5.91 Å². The summed E-state index contributed by atoms with van der Waals surface area (Å²) in [6.07, 6.45) is 6.92. The van der Waals surface area contributed by atoms with Crippen molar-refractivity contribution in [2.24, 2.45) is 0 Å². The van der Waals surface area contributed by atoms with Gasteiger partial charge in [0.1, 0.15) is 5.65 Å². The van der Waals surface area contributed by atoms with Crippen molar-refractivity contribution in [3.05, 3.63) is 71.0 Å². The first-order valence-corrected chi connectivity index (χ1v) is 9.92. The molecule has 0 saturated heterocycles. The Morgan fingerprint density at radius 2 is 2.03 bits per heavy atom. The van der Waals surface area contributed by atoms with Crippen molar-refractivity contribution in [2.45, 2.75) is 12.8 Å². The molecule has 2 N–H and O–H groups in total. The van der Waals surface area contributed by atoms with Gasteiger partial charge < -0.3 is 15.2 Å². The van der Waals surface area contributed by atoms with Crippen molar-refractivity contribution >= 4 is 40.0 Å². The smallest absolute Gasteiger partial charge is 0.251 e. The first-order chi connectivity index (χ1) is 14.1. The molecule has 148 valence electrons. The highest BCUT2D eigenvalue weighted by atomic mass is 35.5. The molecule has 0 fully saturated rings. The molecule has 0 aliphatic carbocycles. The van der Waals surface area contributed by atoms with Gasteiger partial charge in [0.05, 0.1) is 0 Å². The largest absolute Gasteiger partial charge is 0.352 e. The zero-order valence-electron chi connectivity index (χ0n) is 15.8. The number of hydrogen-bond donors (Lipinski definition) is 2. The average molecular weight is 409 g/mol. The molecule has 29 heavy (non-hydrogen) atoms. The van der Waals surface area contributed by atoms with E-state index in [1.165, 1.54) is 5.57 Å². The maximum absolute atomic E-state index is 12.5. The predicted molar refractivity (Wildman–Crippen MR) is 114 cm³/mol. The minimum atomic E-state index is -0.205. The molecular formula is C22H21ClN4O2. The average Bonchev–Trinajstić information content (AvgIpc) is 3.18. The summed E-state index contributed by atoms with van der Waals surface area (Å²) in [4.78, 5) is 33.9. The molecule has 1 aliphatic heterocycles. The fourth-order valence-electron chi connectivity index (χ4n) is 3.51. The maximum atomic E-state index is 12.5. The van der Waals surface area contributed by atoms with Crippen LogP contribution in [-0.2, 0) is 4.79 Å². The quantitative estimate of drug-likeness (QED) is 0.676. The van der Waals surface area contributed by atoms with Gasteiger partial charge in [-0.15, -0.1) is 0 Å². The van der Waals surface area contributed by atoms with Crippen molar-refractivity contribution in [3.63, 3.8) is 0 Å². The van der Waals surface area contributed by atoms with Crippen LogP contribution in [0.15, 0.2) is 54.9 Å². The summed E-state index contributed by atoms with van der Waals surface area (Å²) >= 11 is 5.83. The van der Waals surface area contributed by atoms with E-state index < -0.39 is 0 Å². The number of carbonyl (C=O) groups excluding carboxylic acids is 2. The topological polar surface area (TPSA) is 78.1 Å². The summed E-state index contributed by atoms with van der Waals surface area (Å²) in [7, 11) is 0. The normalized spacial score (nSPS) is 14.0. The highest BCUT2D eigenvalue weighted by Crippen LogP contribution is 2.28. The van der Waals surface area contributed by atoms with Crippen LogP contribution < -0.4 is 5.32 Å². The second-order valence-electron chi connectivity index (χ2n) is 6.93. The number of aromatic amines is 1. The lowest BCUT2D eigenvalue weighted by molar-refractivity contribution is -0.130. The minimum absolute atomic E-state index is 0.0392. The fourth-order valence-corrected chi connectivity index (χ4v) is 3.63. The number of amides is 2. The maximum Gasteiger partial charge on any atom is 0.251 e. The Morgan fingerprint density at radius 3 is 2.79 bits per heavy atom. The molecule has 0 unspecified atom stereocenters. The highest BCUT2D eigenvalue weighted by Gasteiger charge is 2.19. The lowest BCUT2D eigenvalue weighted by Gasteiger charge is -2.26. The van der Waals surface area contributed by atoms with Gasteiger partial charge in [0.15, 0.2) is 0 Å². The van der Waals surface area contributed by atoms with Crippen LogP contribution in [0.3, 0.4) is 0 Å². The summed E-state index contributed by atoms with van der Waals surface area (Å²) in [5.41, 5.74) is 3.78. The number of nitrogens with zero attached hydrogens (tertiary/aromatic N) is 2. The molecule has 0 spiro atoms. The van der Waals surface area contributed by atoms with Crippen LogP contribution in [0.25, 0.3) is 16.6 Å². The van der Waals surface area contributed by atoms with Crippen molar-refractivity contribution in [2.75, 3.05) is 19.6 Å². The third kappa shape index (κ3) is 4.32. The zero-order chi connectivity index (χ0) is 20.2. The van der Waals surface area contributed by atoms with Gasteiger partial charge in [-0.2, -0.15) is 0 Å². The summed E-state index contributed by atoms with van der Waals surface area (Å²) in [5.74, 6) is -0.166. The van der Waals surface area contributed by atoms with Gasteiger partial charge in [-0.1, -0.05) is 17.7 Å². The van der Waals surface area contributed by atoms with Gasteiger partial charge in [0, 0.05) is 60.0 Å². The summed E-state index contributed by atoms with van der Waals surface area (Å²) in [6.45, 7) is 1.55. The fraction of sp³-hybridized carbons (Fsp3) is 0.227. The van der Waals surface area contributed by atoms with E-state index >= 15 is 0 Å². The third-order valence-electron chi connectivity index (χ3n) is 5.09. The summed E-state index contributed by atoms with van der Waals surface area (Å²) < 4.78 is 0. The molecule has 3 aromatic rings. The molecule has 0 saturated carbocycles. The predicted octanol–water partition coefficient (Wildman–Crippen LogP) is 3.65. The number of rotatable bonds is 5. The number of pyridine rings is 1. The monoisotopic (exact) mass is 408 g/mol. The lowest BCUT2D eigenvalue weighted by Crippen LogP contribution is -2.37. The Bertz CT molecular complexity index is 1070. The number of aromatic nitrogens is 2. The Labute approximate surface area is 173 Å². The Hall–Kier alpha value is -3.12. The molecule has 2 aromatic heterocycles. The van der Waals surface area contributed by atoms with E-state index in [1.807, 2.05) is 17.2 Å². The molecular weight excluding hydrogens is 388 g/mol. The second-order valence-corrected chi connectivity index (χ2v) is 7.37. The first-order valence-electron chi connectivity index (χ1n) is 9.55. The first kappa shape index (κ1) is 19.2. The lowest BCUT2D eigenvalue weighted by atomic mass is 9.99. The van der Waals surface area contributed by atoms with Crippen molar-refractivity contribution in [3.8, 4) is 0 Å².